The summed E-state index contributed by atoms with van der Waals surface area (Å²) in [5.74, 6) is -0.173. The Morgan fingerprint density at radius 3 is 2.63 bits per heavy atom. The van der Waals surface area contributed by atoms with E-state index in [1.165, 1.54) is 18.2 Å². The number of halogens is 1. The van der Waals surface area contributed by atoms with Crippen LogP contribution in [0.1, 0.15) is 36.5 Å². The third-order valence-electron chi connectivity index (χ3n) is 2.84. The molecule has 0 aliphatic carbocycles. The molecule has 19 heavy (non-hydrogen) atoms. The van der Waals surface area contributed by atoms with Crippen LogP contribution in [0.15, 0.2) is 18.2 Å². The van der Waals surface area contributed by atoms with Crippen LogP contribution in [0.2, 0.25) is 5.02 Å². The van der Waals surface area contributed by atoms with Crippen molar-refractivity contribution >= 4 is 23.2 Å². The summed E-state index contributed by atoms with van der Waals surface area (Å²) in [6.45, 7) is 2.76. The molecular weight excluding hydrogens is 268 g/mol. The second kappa shape index (κ2) is 7.09. The molecule has 0 spiro atoms. The summed E-state index contributed by atoms with van der Waals surface area (Å²) in [4.78, 5) is 23.7. The Bertz CT molecular complexity index is 477. The van der Waals surface area contributed by atoms with E-state index in [-0.39, 0.29) is 16.6 Å². The molecule has 0 saturated carbocycles. The Morgan fingerprint density at radius 1 is 1.42 bits per heavy atom. The zero-order valence-electron chi connectivity index (χ0n) is 11.1. The number of carbonyl (C=O) groups excluding carboxylic acids is 1. The Balaban J connectivity index is 2.77. The van der Waals surface area contributed by atoms with Gasteiger partial charge in [-0.1, -0.05) is 31.4 Å². The number of nitro groups is 1. The fraction of sp³-hybridized carbons (Fsp3) is 0.462. The van der Waals surface area contributed by atoms with Crippen molar-refractivity contribution in [2.45, 2.75) is 26.2 Å². The SMILES string of the molecule is CCCCCN(C)C(=O)c1ccc([N+](=O)[O-])c(Cl)c1. The Kier molecular flexibility index (Phi) is 5.76. The van der Waals surface area contributed by atoms with Crippen LogP contribution < -0.4 is 0 Å². The standard InChI is InChI=1S/C13H17ClN2O3/c1-3-4-5-8-15(2)13(17)10-6-7-12(16(18)19)11(14)9-10/h6-7,9H,3-5,8H2,1-2H3. The van der Waals surface area contributed by atoms with Crippen LogP contribution >= 0.6 is 11.6 Å². The van der Waals surface area contributed by atoms with Crippen LogP contribution in [0.5, 0.6) is 0 Å². The van der Waals surface area contributed by atoms with Gasteiger partial charge in [-0.15, -0.1) is 0 Å². The lowest BCUT2D eigenvalue weighted by atomic mass is 10.1. The van der Waals surface area contributed by atoms with Gasteiger partial charge in [0.1, 0.15) is 5.02 Å². The van der Waals surface area contributed by atoms with Gasteiger partial charge >= 0.3 is 0 Å². The van der Waals surface area contributed by atoms with E-state index in [4.69, 9.17) is 11.6 Å². The van der Waals surface area contributed by atoms with Crippen LogP contribution in [0, 0.1) is 10.1 Å². The van der Waals surface area contributed by atoms with Gasteiger partial charge < -0.3 is 4.90 Å². The molecule has 1 amide bonds. The minimum absolute atomic E-state index is 0.0159. The lowest BCUT2D eigenvalue weighted by molar-refractivity contribution is -0.384. The second-order valence-corrected chi connectivity index (χ2v) is 4.76. The third kappa shape index (κ3) is 4.21. The Labute approximate surface area is 117 Å². The molecule has 0 saturated heterocycles. The average Bonchev–Trinajstić information content (AvgIpc) is 2.37. The number of unbranched alkanes of at least 4 members (excludes halogenated alkanes) is 2. The van der Waals surface area contributed by atoms with Crippen LogP contribution in [-0.2, 0) is 0 Å². The molecule has 1 aromatic rings. The van der Waals surface area contributed by atoms with Crippen molar-refractivity contribution in [2.75, 3.05) is 13.6 Å². The number of hydrogen-bond acceptors (Lipinski definition) is 3. The van der Waals surface area contributed by atoms with Gasteiger partial charge in [0.15, 0.2) is 0 Å². The van der Waals surface area contributed by atoms with Crippen LogP contribution in [0.3, 0.4) is 0 Å². The summed E-state index contributed by atoms with van der Waals surface area (Å²) in [5.41, 5.74) is 0.182. The topological polar surface area (TPSA) is 63.5 Å². The van der Waals surface area contributed by atoms with Crippen LogP contribution in [-0.4, -0.2) is 29.3 Å². The summed E-state index contributed by atoms with van der Waals surface area (Å²) < 4.78 is 0. The molecule has 0 aliphatic heterocycles. The average molecular weight is 285 g/mol. The number of nitro benzene ring substituents is 1. The van der Waals surface area contributed by atoms with Gasteiger partial charge in [0, 0.05) is 25.2 Å². The van der Waals surface area contributed by atoms with E-state index >= 15 is 0 Å². The minimum atomic E-state index is -0.568. The molecule has 6 heteroatoms. The van der Waals surface area contributed by atoms with Gasteiger partial charge in [0.05, 0.1) is 4.92 Å². The fourth-order valence-electron chi connectivity index (χ4n) is 1.71. The normalized spacial score (nSPS) is 10.3. The van der Waals surface area contributed by atoms with Crippen molar-refractivity contribution in [1.29, 1.82) is 0 Å². The summed E-state index contributed by atoms with van der Waals surface area (Å²) in [6.07, 6.45) is 3.10. The minimum Gasteiger partial charge on any atom is -0.342 e. The predicted molar refractivity (Wildman–Crippen MR) is 74.6 cm³/mol. The molecule has 1 aromatic carbocycles. The zero-order chi connectivity index (χ0) is 14.4. The molecule has 0 aromatic heterocycles. The van der Waals surface area contributed by atoms with Crippen molar-refractivity contribution in [2.24, 2.45) is 0 Å². The summed E-state index contributed by atoms with van der Waals surface area (Å²) in [6, 6.07) is 4.04. The maximum atomic E-state index is 12.1. The van der Waals surface area contributed by atoms with E-state index in [0.717, 1.165) is 19.3 Å². The maximum Gasteiger partial charge on any atom is 0.287 e. The highest BCUT2D eigenvalue weighted by atomic mass is 35.5. The number of hydrogen-bond donors (Lipinski definition) is 0. The lowest BCUT2D eigenvalue weighted by Crippen LogP contribution is -2.27. The number of carbonyl (C=O) groups is 1. The van der Waals surface area contributed by atoms with Gasteiger partial charge in [0.25, 0.3) is 11.6 Å². The van der Waals surface area contributed by atoms with E-state index in [0.29, 0.717) is 12.1 Å². The highest BCUT2D eigenvalue weighted by Gasteiger charge is 2.17. The number of amides is 1. The quantitative estimate of drug-likeness (QED) is 0.456. The monoisotopic (exact) mass is 284 g/mol. The molecule has 104 valence electrons. The Morgan fingerprint density at radius 2 is 2.11 bits per heavy atom. The highest BCUT2D eigenvalue weighted by Crippen LogP contribution is 2.25. The van der Waals surface area contributed by atoms with Crippen molar-refractivity contribution in [1.82, 2.24) is 4.90 Å². The number of benzene rings is 1. The summed E-state index contributed by atoms with van der Waals surface area (Å²) >= 11 is 5.79. The van der Waals surface area contributed by atoms with Crippen molar-refractivity contribution in [3.63, 3.8) is 0 Å². The molecule has 0 N–H and O–H groups in total. The molecule has 0 fully saturated rings. The molecule has 0 heterocycles. The molecule has 0 bridgehead atoms. The molecule has 0 aliphatic rings. The van der Waals surface area contributed by atoms with Gasteiger partial charge in [-0.25, -0.2) is 0 Å². The summed E-state index contributed by atoms with van der Waals surface area (Å²) in [5, 5.41) is 10.6. The van der Waals surface area contributed by atoms with Crippen LogP contribution in [0.4, 0.5) is 5.69 Å². The first kappa shape index (κ1) is 15.4. The molecule has 0 unspecified atom stereocenters. The van der Waals surface area contributed by atoms with E-state index in [1.54, 1.807) is 11.9 Å². The number of nitrogens with zero attached hydrogens (tertiary/aromatic N) is 2. The second-order valence-electron chi connectivity index (χ2n) is 4.36. The van der Waals surface area contributed by atoms with Gasteiger partial charge in [-0.3, -0.25) is 14.9 Å². The van der Waals surface area contributed by atoms with Gasteiger partial charge in [0.2, 0.25) is 0 Å². The van der Waals surface area contributed by atoms with E-state index in [9.17, 15) is 14.9 Å². The fourth-order valence-corrected chi connectivity index (χ4v) is 1.96. The Hall–Kier alpha value is -1.62. The largest absolute Gasteiger partial charge is 0.342 e. The molecule has 1 rings (SSSR count). The lowest BCUT2D eigenvalue weighted by Gasteiger charge is -2.17. The molecule has 0 atom stereocenters. The molecular formula is C13H17ClN2O3. The maximum absolute atomic E-state index is 12.1. The summed E-state index contributed by atoms with van der Waals surface area (Å²) in [7, 11) is 1.72. The third-order valence-corrected chi connectivity index (χ3v) is 3.14. The first-order valence-electron chi connectivity index (χ1n) is 6.16. The van der Waals surface area contributed by atoms with Crippen LogP contribution in [0.25, 0.3) is 0 Å². The molecule has 5 nitrogen and oxygen atoms in total. The van der Waals surface area contributed by atoms with Crippen molar-refractivity contribution in [3.8, 4) is 0 Å². The molecule has 0 radical (unpaired) electrons. The van der Waals surface area contributed by atoms with E-state index in [1.807, 2.05) is 0 Å². The predicted octanol–water partition coefficient (Wildman–Crippen LogP) is 3.51. The smallest absolute Gasteiger partial charge is 0.287 e. The zero-order valence-corrected chi connectivity index (χ0v) is 11.8. The van der Waals surface area contributed by atoms with E-state index < -0.39 is 4.92 Å². The van der Waals surface area contributed by atoms with Crippen molar-refractivity contribution < 1.29 is 9.72 Å². The van der Waals surface area contributed by atoms with Crippen molar-refractivity contribution in [3.05, 3.63) is 38.9 Å². The highest BCUT2D eigenvalue weighted by molar-refractivity contribution is 6.33. The first-order valence-corrected chi connectivity index (χ1v) is 6.54. The van der Waals surface area contributed by atoms with Gasteiger partial charge in [-0.2, -0.15) is 0 Å². The first-order chi connectivity index (χ1) is 8.97. The van der Waals surface area contributed by atoms with E-state index in [2.05, 4.69) is 6.92 Å². The van der Waals surface area contributed by atoms with Gasteiger partial charge in [-0.05, 0) is 18.6 Å². The number of rotatable bonds is 6.